The lowest BCUT2D eigenvalue weighted by Gasteiger charge is -2.56. The highest BCUT2D eigenvalue weighted by atomic mass is 15.2. The van der Waals surface area contributed by atoms with Gasteiger partial charge in [0.2, 0.25) is 0 Å². The first kappa shape index (κ1) is 12.2. The van der Waals surface area contributed by atoms with Crippen LogP contribution in [0.3, 0.4) is 0 Å². The van der Waals surface area contributed by atoms with Gasteiger partial charge in [-0.15, -0.1) is 0 Å². The van der Waals surface area contributed by atoms with E-state index in [2.05, 4.69) is 11.0 Å². The standard InChI is InChI=1S/C17H26N2/c18-11-16(19-4-2-1-3-5-19)17-14-7-12-6-13(9-14)10-15(17)8-12/h12-17H,1-10H2. The van der Waals surface area contributed by atoms with Gasteiger partial charge in [0.25, 0.3) is 0 Å². The highest BCUT2D eigenvalue weighted by Gasteiger charge is 2.51. The monoisotopic (exact) mass is 258 g/mol. The Bertz CT molecular complexity index is 349. The molecule has 104 valence electrons. The number of rotatable bonds is 2. The van der Waals surface area contributed by atoms with Crippen molar-refractivity contribution in [2.45, 2.75) is 57.4 Å². The van der Waals surface area contributed by atoms with Crippen LogP contribution in [0.25, 0.3) is 0 Å². The Morgan fingerprint density at radius 3 is 1.95 bits per heavy atom. The molecule has 5 rings (SSSR count). The van der Waals surface area contributed by atoms with Crippen LogP contribution in [-0.2, 0) is 0 Å². The van der Waals surface area contributed by atoms with Crippen molar-refractivity contribution in [2.75, 3.05) is 13.1 Å². The van der Waals surface area contributed by atoms with Crippen LogP contribution >= 0.6 is 0 Å². The summed E-state index contributed by atoms with van der Waals surface area (Å²) in [5.74, 6) is 4.56. The molecule has 1 atom stereocenters. The van der Waals surface area contributed by atoms with E-state index >= 15 is 0 Å². The van der Waals surface area contributed by atoms with Crippen molar-refractivity contribution >= 4 is 0 Å². The molecule has 1 heterocycles. The lowest BCUT2D eigenvalue weighted by molar-refractivity contribution is -0.0648. The Balaban J connectivity index is 1.55. The Kier molecular flexibility index (Phi) is 3.07. The molecular weight excluding hydrogens is 232 g/mol. The molecule has 5 fully saturated rings. The largest absolute Gasteiger partial charge is 0.288 e. The van der Waals surface area contributed by atoms with Gasteiger partial charge < -0.3 is 0 Å². The van der Waals surface area contributed by atoms with Gasteiger partial charge in [0, 0.05) is 0 Å². The van der Waals surface area contributed by atoms with Crippen molar-refractivity contribution in [2.24, 2.45) is 29.6 Å². The maximum absolute atomic E-state index is 9.77. The first-order valence-corrected chi connectivity index (χ1v) is 8.49. The van der Waals surface area contributed by atoms with Gasteiger partial charge in [-0.1, -0.05) is 6.42 Å². The molecule has 2 heteroatoms. The smallest absolute Gasteiger partial charge is 0.101 e. The fourth-order valence-electron chi connectivity index (χ4n) is 6.09. The zero-order chi connectivity index (χ0) is 12.8. The van der Waals surface area contributed by atoms with Crippen LogP contribution < -0.4 is 0 Å². The van der Waals surface area contributed by atoms with Crippen molar-refractivity contribution in [3.05, 3.63) is 0 Å². The summed E-state index contributed by atoms with van der Waals surface area (Å²) in [6.45, 7) is 2.36. The summed E-state index contributed by atoms with van der Waals surface area (Å²) in [6.07, 6.45) is 11.3. The second-order valence-electron chi connectivity index (χ2n) is 7.68. The van der Waals surface area contributed by atoms with Gasteiger partial charge in [-0.25, -0.2) is 0 Å². The van der Waals surface area contributed by atoms with Crippen LogP contribution in [0, 0.1) is 40.9 Å². The first-order chi connectivity index (χ1) is 9.35. The van der Waals surface area contributed by atoms with Gasteiger partial charge in [0.05, 0.1) is 6.07 Å². The molecule has 19 heavy (non-hydrogen) atoms. The molecule has 5 aliphatic rings. The van der Waals surface area contributed by atoms with E-state index in [1.165, 1.54) is 64.5 Å². The highest BCUT2D eigenvalue weighted by molar-refractivity contribution is 5.08. The second kappa shape index (κ2) is 4.77. The van der Waals surface area contributed by atoms with Crippen LogP contribution in [-0.4, -0.2) is 24.0 Å². The van der Waals surface area contributed by atoms with E-state index < -0.39 is 0 Å². The van der Waals surface area contributed by atoms with Crippen LogP contribution in [0.15, 0.2) is 0 Å². The predicted molar refractivity (Wildman–Crippen MR) is 75.4 cm³/mol. The molecule has 0 aromatic rings. The van der Waals surface area contributed by atoms with Crippen molar-refractivity contribution in [3.8, 4) is 6.07 Å². The van der Waals surface area contributed by atoms with E-state index in [1.54, 1.807) is 0 Å². The van der Waals surface area contributed by atoms with E-state index in [1.807, 2.05) is 0 Å². The quantitative estimate of drug-likeness (QED) is 0.758. The second-order valence-corrected chi connectivity index (χ2v) is 7.68. The molecule has 0 amide bonds. The molecule has 0 spiro atoms. The maximum Gasteiger partial charge on any atom is 0.101 e. The van der Waals surface area contributed by atoms with Gasteiger partial charge in [0.15, 0.2) is 0 Å². The van der Waals surface area contributed by atoms with Gasteiger partial charge >= 0.3 is 0 Å². The molecule has 0 N–H and O–H groups in total. The fourth-order valence-corrected chi connectivity index (χ4v) is 6.09. The molecule has 0 aromatic carbocycles. The molecule has 4 aliphatic carbocycles. The van der Waals surface area contributed by atoms with Gasteiger partial charge in [0.1, 0.15) is 6.04 Å². The molecule has 4 saturated carbocycles. The van der Waals surface area contributed by atoms with Crippen LogP contribution in [0.1, 0.15) is 51.4 Å². The Labute approximate surface area is 117 Å². The Morgan fingerprint density at radius 2 is 1.42 bits per heavy atom. The van der Waals surface area contributed by atoms with Crippen molar-refractivity contribution in [1.82, 2.24) is 4.90 Å². The minimum atomic E-state index is 0.246. The van der Waals surface area contributed by atoms with E-state index in [9.17, 15) is 5.26 Å². The molecular formula is C17H26N2. The minimum absolute atomic E-state index is 0.246. The molecule has 4 bridgehead atoms. The Morgan fingerprint density at radius 1 is 0.842 bits per heavy atom. The molecule has 1 unspecified atom stereocenters. The number of hydrogen-bond acceptors (Lipinski definition) is 2. The minimum Gasteiger partial charge on any atom is -0.288 e. The molecule has 1 saturated heterocycles. The number of nitrogens with zero attached hydrogens (tertiary/aromatic N) is 2. The molecule has 1 aliphatic heterocycles. The number of nitriles is 1. The van der Waals surface area contributed by atoms with E-state index in [0.717, 1.165) is 29.6 Å². The normalized spacial score (nSPS) is 47.0. The zero-order valence-corrected chi connectivity index (χ0v) is 11.9. The van der Waals surface area contributed by atoms with E-state index in [0.29, 0.717) is 0 Å². The Hall–Kier alpha value is -0.550. The summed E-state index contributed by atoms with van der Waals surface area (Å²) >= 11 is 0. The average molecular weight is 258 g/mol. The molecule has 0 aromatic heterocycles. The lowest BCUT2D eigenvalue weighted by Crippen LogP contribution is -2.54. The third kappa shape index (κ3) is 2.02. The van der Waals surface area contributed by atoms with Crippen molar-refractivity contribution in [1.29, 1.82) is 5.26 Å². The SMILES string of the molecule is N#CC(C1C2CC3CC(C2)CC1C3)N1CCCCC1. The van der Waals surface area contributed by atoms with Crippen LogP contribution in [0.5, 0.6) is 0 Å². The number of hydrogen-bond donors (Lipinski definition) is 0. The third-order valence-electron chi connectivity index (χ3n) is 6.58. The van der Waals surface area contributed by atoms with E-state index in [-0.39, 0.29) is 6.04 Å². The lowest BCUT2D eigenvalue weighted by atomic mass is 9.50. The van der Waals surface area contributed by atoms with Gasteiger partial charge in [-0.3, -0.25) is 4.90 Å². The summed E-state index contributed by atoms with van der Waals surface area (Å²) in [7, 11) is 0. The molecule has 0 radical (unpaired) electrons. The summed E-state index contributed by atoms with van der Waals surface area (Å²) in [4.78, 5) is 2.54. The summed E-state index contributed by atoms with van der Waals surface area (Å²) < 4.78 is 0. The van der Waals surface area contributed by atoms with Crippen LogP contribution in [0.4, 0.5) is 0 Å². The van der Waals surface area contributed by atoms with Crippen molar-refractivity contribution < 1.29 is 0 Å². The summed E-state index contributed by atoms with van der Waals surface area (Å²) in [6, 6.07) is 2.97. The fraction of sp³-hybridized carbons (Fsp3) is 0.941. The van der Waals surface area contributed by atoms with Gasteiger partial charge in [-0.2, -0.15) is 5.26 Å². The average Bonchev–Trinajstić information content (AvgIpc) is 2.43. The zero-order valence-electron chi connectivity index (χ0n) is 11.9. The molecule has 2 nitrogen and oxygen atoms in total. The predicted octanol–water partition coefficient (Wildman–Crippen LogP) is 3.44. The van der Waals surface area contributed by atoms with Gasteiger partial charge in [-0.05, 0) is 87.6 Å². The van der Waals surface area contributed by atoms with Crippen LogP contribution in [0.2, 0.25) is 0 Å². The first-order valence-electron chi connectivity index (χ1n) is 8.49. The summed E-state index contributed by atoms with van der Waals surface area (Å²) in [5.41, 5.74) is 0. The number of likely N-dealkylation sites (tertiary alicyclic amines) is 1. The van der Waals surface area contributed by atoms with Crippen molar-refractivity contribution in [3.63, 3.8) is 0 Å². The maximum atomic E-state index is 9.77. The topological polar surface area (TPSA) is 27.0 Å². The summed E-state index contributed by atoms with van der Waals surface area (Å²) in [5, 5.41) is 9.77. The third-order valence-corrected chi connectivity index (χ3v) is 6.58. The number of piperidine rings is 1. The highest BCUT2D eigenvalue weighted by Crippen LogP contribution is 2.57. The van der Waals surface area contributed by atoms with E-state index in [4.69, 9.17) is 0 Å².